The topological polar surface area (TPSA) is 51.5 Å². The Bertz CT molecular complexity index is 1610. The molecule has 0 spiro atoms. The first-order valence-corrected chi connectivity index (χ1v) is 11.7. The zero-order valence-corrected chi connectivity index (χ0v) is 20.4. The number of hydrogen-bond acceptors (Lipinski definition) is 3. The highest BCUT2D eigenvalue weighted by atomic mass is 19.1. The zero-order valence-electron chi connectivity index (χ0n) is 20.4. The van der Waals surface area contributed by atoms with E-state index >= 15 is 0 Å². The van der Waals surface area contributed by atoms with Crippen molar-refractivity contribution < 1.29 is 18.3 Å². The molecular weight excluding hydrogens is 453 g/mol. The third kappa shape index (κ3) is 4.36. The Hall–Kier alpha value is -4.38. The van der Waals surface area contributed by atoms with Gasteiger partial charge in [0.2, 0.25) is 5.91 Å². The van der Waals surface area contributed by atoms with Crippen molar-refractivity contribution in [2.75, 3.05) is 7.11 Å². The maximum atomic E-state index is 13.1. The van der Waals surface area contributed by atoms with Crippen molar-refractivity contribution in [1.82, 2.24) is 5.32 Å². The SMILES string of the molecule is COc1c(/C(C)=C/C(=O)NCc2ccc(F)cc2)cc2c(-c3cccc4ccccc34)coc2c1C. The Balaban J connectivity index is 1.54. The van der Waals surface area contributed by atoms with Gasteiger partial charge >= 0.3 is 0 Å². The largest absolute Gasteiger partial charge is 0.496 e. The van der Waals surface area contributed by atoms with Crippen LogP contribution in [-0.2, 0) is 11.3 Å². The summed E-state index contributed by atoms with van der Waals surface area (Å²) in [5.41, 5.74) is 6.11. The maximum absolute atomic E-state index is 13.1. The van der Waals surface area contributed by atoms with Crippen molar-refractivity contribution >= 4 is 33.2 Å². The fourth-order valence-corrected chi connectivity index (χ4v) is 4.66. The molecule has 36 heavy (non-hydrogen) atoms. The number of furan rings is 1. The quantitative estimate of drug-likeness (QED) is 0.258. The first-order valence-electron chi connectivity index (χ1n) is 11.7. The molecule has 0 saturated heterocycles. The molecular formula is C31H26FNO3. The van der Waals surface area contributed by atoms with Gasteiger partial charge in [0.1, 0.15) is 17.1 Å². The number of methoxy groups -OCH3 is 1. The molecule has 0 radical (unpaired) electrons. The number of carbonyl (C=O) groups excluding carboxylic acids is 1. The highest BCUT2D eigenvalue weighted by Crippen LogP contribution is 2.42. The molecule has 1 N–H and O–H groups in total. The summed E-state index contributed by atoms with van der Waals surface area (Å²) in [5, 5.41) is 6.12. The van der Waals surface area contributed by atoms with Crippen molar-refractivity contribution in [1.29, 1.82) is 0 Å². The lowest BCUT2D eigenvalue weighted by Gasteiger charge is -2.14. The molecule has 0 saturated carbocycles. The van der Waals surface area contributed by atoms with Gasteiger partial charge in [-0.05, 0) is 59.5 Å². The van der Waals surface area contributed by atoms with Gasteiger partial charge in [0.25, 0.3) is 0 Å². The second kappa shape index (κ2) is 9.70. The van der Waals surface area contributed by atoms with E-state index in [1.165, 1.54) is 12.1 Å². The number of amides is 1. The van der Waals surface area contributed by atoms with E-state index in [9.17, 15) is 9.18 Å². The number of allylic oxidation sites excluding steroid dienone is 1. The van der Waals surface area contributed by atoms with E-state index in [0.29, 0.717) is 12.3 Å². The molecule has 0 aliphatic heterocycles. The van der Waals surface area contributed by atoms with Crippen LogP contribution in [0.15, 0.2) is 89.6 Å². The molecule has 5 aromatic rings. The van der Waals surface area contributed by atoms with E-state index in [-0.39, 0.29) is 11.7 Å². The first kappa shape index (κ1) is 23.4. The molecule has 5 heteroatoms. The van der Waals surface area contributed by atoms with Crippen molar-refractivity contribution in [3.8, 4) is 16.9 Å². The molecule has 0 fully saturated rings. The van der Waals surface area contributed by atoms with Crippen LogP contribution in [0, 0.1) is 12.7 Å². The van der Waals surface area contributed by atoms with Gasteiger partial charge in [-0.3, -0.25) is 4.79 Å². The predicted molar refractivity (Wildman–Crippen MR) is 142 cm³/mol. The second-order valence-electron chi connectivity index (χ2n) is 8.81. The molecule has 5 rings (SSSR count). The highest BCUT2D eigenvalue weighted by Gasteiger charge is 2.19. The zero-order chi connectivity index (χ0) is 25.2. The van der Waals surface area contributed by atoms with Gasteiger partial charge in [-0.1, -0.05) is 54.6 Å². The van der Waals surface area contributed by atoms with Crippen molar-refractivity contribution in [3.63, 3.8) is 0 Å². The summed E-state index contributed by atoms with van der Waals surface area (Å²) in [7, 11) is 1.62. The Kier molecular flexibility index (Phi) is 6.30. The smallest absolute Gasteiger partial charge is 0.244 e. The van der Waals surface area contributed by atoms with Crippen LogP contribution in [0.5, 0.6) is 5.75 Å². The molecule has 1 amide bonds. The number of ether oxygens (including phenoxy) is 1. The van der Waals surface area contributed by atoms with Crippen LogP contribution in [0.3, 0.4) is 0 Å². The lowest BCUT2D eigenvalue weighted by molar-refractivity contribution is -0.116. The Labute approximate surface area is 209 Å². The fourth-order valence-electron chi connectivity index (χ4n) is 4.66. The minimum atomic E-state index is -0.305. The highest BCUT2D eigenvalue weighted by molar-refractivity contribution is 6.07. The molecule has 0 aliphatic rings. The number of halogens is 1. The molecule has 0 bridgehead atoms. The second-order valence-corrected chi connectivity index (χ2v) is 8.81. The van der Waals surface area contributed by atoms with Gasteiger partial charge in [-0.15, -0.1) is 0 Å². The van der Waals surface area contributed by atoms with E-state index in [1.807, 2.05) is 38.1 Å². The normalized spacial score (nSPS) is 11.7. The molecule has 1 heterocycles. The average Bonchev–Trinajstić information content (AvgIpc) is 3.32. The summed E-state index contributed by atoms with van der Waals surface area (Å²) >= 11 is 0. The summed E-state index contributed by atoms with van der Waals surface area (Å²) < 4.78 is 24.9. The summed E-state index contributed by atoms with van der Waals surface area (Å²) in [6.45, 7) is 4.16. The minimum Gasteiger partial charge on any atom is -0.496 e. The Morgan fingerprint density at radius 2 is 1.75 bits per heavy atom. The standard InChI is InChI=1S/C31H26FNO3/c1-19(15-29(34)33-17-21-11-13-23(32)14-12-21)26-16-27-28(18-36-31(27)20(2)30(26)35-3)25-10-6-8-22-7-4-5-9-24(22)25/h4-16,18H,17H2,1-3H3,(H,33,34)/b19-15+. The number of nitrogens with one attached hydrogen (secondary N) is 1. The number of carbonyl (C=O) groups is 1. The summed E-state index contributed by atoms with van der Waals surface area (Å²) in [6.07, 6.45) is 3.35. The van der Waals surface area contributed by atoms with E-state index < -0.39 is 0 Å². The van der Waals surface area contributed by atoms with E-state index in [1.54, 1.807) is 31.6 Å². The number of aryl methyl sites for hydroxylation is 1. The number of hydrogen-bond donors (Lipinski definition) is 1. The molecule has 0 atom stereocenters. The Morgan fingerprint density at radius 3 is 2.53 bits per heavy atom. The van der Waals surface area contributed by atoms with Gasteiger partial charge in [0.05, 0.1) is 13.4 Å². The molecule has 4 aromatic carbocycles. The van der Waals surface area contributed by atoms with Crippen LogP contribution < -0.4 is 10.1 Å². The van der Waals surface area contributed by atoms with Gasteiger partial charge < -0.3 is 14.5 Å². The number of rotatable bonds is 6. The van der Waals surface area contributed by atoms with Gasteiger partial charge in [0, 0.05) is 34.7 Å². The van der Waals surface area contributed by atoms with E-state index in [2.05, 4.69) is 29.6 Å². The van der Waals surface area contributed by atoms with Crippen LogP contribution >= 0.6 is 0 Å². The lowest BCUT2D eigenvalue weighted by atomic mass is 9.94. The lowest BCUT2D eigenvalue weighted by Crippen LogP contribution is -2.20. The van der Waals surface area contributed by atoms with Crippen molar-refractivity contribution in [2.45, 2.75) is 20.4 Å². The maximum Gasteiger partial charge on any atom is 0.244 e. The molecule has 0 unspecified atom stereocenters. The molecule has 0 aliphatic carbocycles. The van der Waals surface area contributed by atoms with Crippen molar-refractivity contribution in [2.24, 2.45) is 0 Å². The van der Waals surface area contributed by atoms with Gasteiger partial charge in [0.15, 0.2) is 0 Å². The summed E-state index contributed by atoms with van der Waals surface area (Å²) in [6, 6.07) is 22.6. The molecule has 1 aromatic heterocycles. The van der Waals surface area contributed by atoms with Crippen molar-refractivity contribution in [3.05, 3.63) is 108 Å². The van der Waals surface area contributed by atoms with E-state index in [0.717, 1.165) is 55.1 Å². The third-order valence-electron chi connectivity index (χ3n) is 6.48. The van der Waals surface area contributed by atoms with Crippen LogP contribution in [-0.4, -0.2) is 13.0 Å². The monoisotopic (exact) mass is 479 g/mol. The fraction of sp³-hybridized carbons (Fsp3) is 0.129. The van der Waals surface area contributed by atoms with Gasteiger partial charge in [-0.2, -0.15) is 0 Å². The Morgan fingerprint density at radius 1 is 1.00 bits per heavy atom. The molecule has 180 valence electrons. The van der Waals surface area contributed by atoms with Crippen LogP contribution in [0.2, 0.25) is 0 Å². The first-order chi connectivity index (χ1) is 17.5. The van der Waals surface area contributed by atoms with Gasteiger partial charge in [-0.25, -0.2) is 4.39 Å². The molecule has 4 nitrogen and oxygen atoms in total. The summed E-state index contributed by atoms with van der Waals surface area (Å²) in [5.74, 6) is 0.125. The summed E-state index contributed by atoms with van der Waals surface area (Å²) in [4.78, 5) is 12.7. The average molecular weight is 480 g/mol. The number of benzene rings is 4. The minimum absolute atomic E-state index is 0.238. The van der Waals surface area contributed by atoms with Crippen LogP contribution in [0.4, 0.5) is 4.39 Å². The number of fused-ring (bicyclic) bond motifs is 2. The van der Waals surface area contributed by atoms with Crippen LogP contribution in [0.1, 0.15) is 23.6 Å². The van der Waals surface area contributed by atoms with E-state index in [4.69, 9.17) is 9.15 Å². The van der Waals surface area contributed by atoms with Crippen LogP contribution in [0.25, 0.3) is 38.4 Å². The predicted octanol–water partition coefficient (Wildman–Crippen LogP) is 7.43. The third-order valence-corrected chi connectivity index (χ3v) is 6.48.